The van der Waals surface area contributed by atoms with Crippen molar-refractivity contribution in [1.29, 1.82) is 0 Å². The van der Waals surface area contributed by atoms with Gasteiger partial charge in [-0.2, -0.15) is 0 Å². The smallest absolute Gasteiger partial charge is 0.143 e. The van der Waals surface area contributed by atoms with Crippen molar-refractivity contribution in [2.45, 2.75) is 0 Å². The number of nitrogens with zero attached hydrogens (tertiary/aromatic N) is 2. The number of anilines is 2. The van der Waals surface area contributed by atoms with E-state index in [1.165, 1.54) is 6.33 Å². The number of hydrogen-bond acceptors (Lipinski definition) is 5. The minimum atomic E-state index is 0.191. The monoisotopic (exact) mass is 319 g/mol. The minimum absolute atomic E-state index is 0.191. The fourth-order valence-corrected chi connectivity index (χ4v) is 3.42. The van der Waals surface area contributed by atoms with Crippen molar-refractivity contribution < 1.29 is 5.11 Å². The lowest BCUT2D eigenvalue weighted by molar-refractivity contribution is 0.478. The summed E-state index contributed by atoms with van der Waals surface area (Å²) in [6.45, 7) is 0. The molecule has 5 heteroatoms. The maximum absolute atomic E-state index is 9.98. The third-order valence-electron chi connectivity index (χ3n) is 3.61. The molecule has 0 bridgehead atoms. The summed E-state index contributed by atoms with van der Waals surface area (Å²) in [6, 6.07) is 17.3. The molecule has 4 nitrogen and oxygen atoms in total. The van der Waals surface area contributed by atoms with Crippen LogP contribution in [0.15, 0.2) is 66.3 Å². The molecule has 0 atom stereocenters. The highest BCUT2D eigenvalue weighted by Crippen LogP contribution is 2.38. The van der Waals surface area contributed by atoms with Gasteiger partial charge in [0.25, 0.3) is 0 Å². The number of aromatic nitrogens is 2. The summed E-state index contributed by atoms with van der Waals surface area (Å²) in [5.41, 5.74) is 2.83. The van der Waals surface area contributed by atoms with Crippen molar-refractivity contribution in [2.24, 2.45) is 0 Å². The third-order valence-corrected chi connectivity index (χ3v) is 4.50. The number of para-hydroxylation sites is 2. The second kappa shape index (κ2) is 5.70. The highest BCUT2D eigenvalue weighted by Gasteiger charge is 2.13. The van der Waals surface area contributed by atoms with Crippen LogP contribution in [0.3, 0.4) is 0 Å². The number of phenolic OH excluding ortho intramolecular Hbond substituents is 1. The third kappa shape index (κ3) is 2.51. The molecule has 23 heavy (non-hydrogen) atoms. The lowest BCUT2D eigenvalue weighted by atomic mass is 10.1. The zero-order valence-electron chi connectivity index (χ0n) is 12.1. The van der Waals surface area contributed by atoms with Crippen molar-refractivity contribution in [1.82, 2.24) is 9.97 Å². The largest absolute Gasteiger partial charge is 0.506 e. The molecule has 0 aliphatic carbocycles. The van der Waals surface area contributed by atoms with Crippen LogP contribution in [-0.2, 0) is 0 Å². The summed E-state index contributed by atoms with van der Waals surface area (Å²) in [6.07, 6.45) is 1.54. The molecule has 0 amide bonds. The van der Waals surface area contributed by atoms with Crippen LogP contribution in [0.25, 0.3) is 21.3 Å². The zero-order chi connectivity index (χ0) is 15.6. The highest BCUT2D eigenvalue weighted by atomic mass is 32.1. The molecular weight excluding hydrogens is 306 g/mol. The standard InChI is InChI=1S/C18H13N3OS/c22-15-9-5-4-8-14(15)21-17-16-13(12-6-2-1-3-7-12)10-23-18(16)20-11-19-17/h1-11,22H,(H,19,20,21). The van der Waals surface area contributed by atoms with Crippen LogP contribution in [-0.4, -0.2) is 15.1 Å². The Balaban J connectivity index is 1.87. The predicted octanol–water partition coefficient (Wildman–Crippen LogP) is 4.81. The Morgan fingerprint density at radius 2 is 1.70 bits per heavy atom. The van der Waals surface area contributed by atoms with Gasteiger partial charge in [0.2, 0.25) is 0 Å². The normalized spacial score (nSPS) is 10.8. The van der Waals surface area contributed by atoms with E-state index in [0.29, 0.717) is 11.5 Å². The van der Waals surface area contributed by atoms with Gasteiger partial charge in [-0.1, -0.05) is 42.5 Å². The Bertz CT molecular complexity index is 966. The fourth-order valence-electron chi connectivity index (χ4n) is 2.51. The molecule has 2 N–H and O–H groups in total. The number of fused-ring (bicyclic) bond motifs is 1. The molecule has 0 unspecified atom stereocenters. The van der Waals surface area contributed by atoms with E-state index >= 15 is 0 Å². The molecule has 4 aromatic rings. The summed E-state index contributed by atoms with van der Waals surface area (Å²) in [5.74, 6) is 0.882. The Kier molecular flexibility index (Phi) is 3.40. The van der Waals surface area contributed by atoms with E-state index in [9.17, 15) is 5.11 Å². The predicted molar refractivity (Wildman–Crippen MR) is 94.2 cm³/mol. The lowest BCUT2D eigenvalue weighted by Crippen LogP contribution is -1.95. The molecule has 112 valence electrons. The molecule has 2 aromatic heterocycles. The van der Waals surface area contributed by atoms with Gasteiger partial charge >= 0.3 is 0 Å². The molecule has 0 fully saturated rings. The number of phenols is 1. The van der Waals surface area contributed by atoms with E-state index in [-0.39, 0.29) is 5.75 Å². The van der Waals surface area contributed by atoms with E-state index in [4.69, 9.17) is 0 Å². The molecule has 0 saturated heterocycles. The lowest BCUT2D eigenvalue weighted by Gasteiger charge is -2.09. The van der Waals surface area contributed by atoms with Gasteiger partial charge in [-0.25, -0.2) is 9.97 Å². The molecule has 0 spiro atoms. The number of aromatic hydroxyl groups is 1. The Morgan fingerprint density at radius 1 is 0.913 bits per heavy atom. The minimum Gasteiger partial charge on any atom is -0.506 e. The van der Waals surface area contributed by atoms with Gasteiger partial charge in [0.1, 0.15) is 22.7 Å². The summed E-state index contributed by atoms with van der Waals surface area (Å²) in [4.78, 5) is 9.65. The zero-order valence-corrected chi connectivity index (χ0v) is 12.9. The Labute approximate surface area is 137 Å². The molecule has 4 rings (SSSR count). The molecular formula is C18H13N3OS. The number of nitrogens with one attached hydrogen (secondary N) is 1. The van der Waals surface area contributed by atoms with E-state index in [1.807, 2.05) is 30.3 Å². The number of hydrogen-bond donors (Lipinski definition) is 2. The maximum Gasteiger partial charge on any atom is 0.143 e. The maximum atomic E-state index is 9.98. The van der Waals surface area contributed by atoms with Gasteiger partial charge in [0, 0.05) is 10.9 Å². The molecule has 2 heterocycles. The Hall–Kier alpha value is -2.92. The summed E-state index contributed by atoms with van der Waals surface area (Å²) in [7, 11) is 0. The van der Waals surface area contributed by atoms with Gasteiger partial charge in [0.05, 0.1) is 11.1 Å². The van der Waals surface area contributed by atoms with Gasteiger partial charge < -0.3 is 10.4 Å². The molecule has 0 aliphatic rings. The summed E-state index contributed by atoms with van der Waals surface area (Å²) in [5, 5.41) is 16.2. The number of rotatable bonds is 3. The van der Waals surface area contributed by atoms with Crippen molar-refractivity contribution in [2.75, 3.05) is 5.32 Å². The average Bonchev–Trinajstić information content (AvgIpc) is 3.03. The summed E-state index contributed by atoms with van der Waals surface area (Å²) < 4.78 is 0. The second-order valence-corrected chi connectivity index (χ2v) is 5.92. The van der Waals surface area contributed by atoms with E-state index in [1.54, 1.807) is 23.5 Å². The average molecular weight is 319 g/mol. The molecule has 0 saturated carbocycles. The van der Waals surface area contributed by atoms with Crippen LogP contribution in [0, 0.1) is 0 Å². The van der Waals surface area contributed by atoms with Crippen LogP contribution in [0.2, 0.25) is 0 Å². The van der Waals surface area contributed by atoms with Crippen LogP contribution in [0.4, 0.5) is 11.5 Å². The quantitative estimate of drug-likeness (QED) is 0.532. The molecule has 2 aromatic carbocycles. The van der Waals surface area contributed by atoms with E-state index in [2.05, 4.69) is 32.8 Å². The van der Waals surface area contributed by atoms with E-state index < -0.39 is 0 Å². The van der Waals surface area contributed by atoms with Gasteiger partial charge in [0.15, 0.2) is 0 Å². The topological polar surface area (TPSA) is 58.0 Å². The van der Waals surface area contributed by atoms with Crippen molar-refractivity contribution in [3.8, 4) is 16.9 Å². The van der Waals surface area contributed by atoms with Gasteiger partial charge in [-0.15, -0.1) is 11.3 Å². The van der Waals surface area contributed by atoms with Crippen LogP contribution >= 0.6 is 11.3 Å². The first kappa shape index (κ1) is 13.7. The van der Waals surface area contributed by atoms with Crippen LogP contribution in [0.1, 0.15) is 0 Å². The number of thiophene rings is 1. The van der Waals surface area contributed by atoms with Crippen molar-refractivity contribution in [3.63, 3.8) is 0 Å². The van der Waals surface area contributed by atoms with Crippen molar-refractivity contribution in [3.05, 3.63) is 66.3 Å². The Morgan fingerprint density at radius 3 is 2.52 bits per heavy atom. The first-order chi connectivity index (χ1) is 11.3. The van der Waals surface area contributed by atoms with Crippen LogP contribution in [0.5, 0.6) is 5.75 Å². The second-order valence-electron chi connectivity index (χ2n) is 5.06. The van der Waals surface area contributed by atoms with Gasteiger partial charge in [-0.3, -0.25) is 0 Å². The first-order valence-corrected chi connectivity index (χ1v) is 8.03. The van der Waals surface area contributed by atoms with Gasteiger partial charge in [-0.05, 0) is 17.7 Å². The SMILES string of the molecule is Oc1ccccc1Nc1ncnc2scc(-c3ccccc3)c12. The molecule has 0 aliphatic heterocycles. The van der Waals surface area contributed by atoms with Crippen molar-refractivity contribution >= 4 is 33.1 Å². The van der Waals surface area contributed by atoms with E-state index in [0.717, 1.165) is 21.3 Å². The summed E-state index contributed by atoms with van der Waals surface area (Å²) >= 11 is 1.58. The fraction of sp³-hybridized carbons (Fsp3) is 0. The van der Waals surface area contributed by atoms with Crippen LogP contribution < -0.4 is 5.32 Å². The number of benzene rings is 2. The molecule has 0 radical (unpaired) electrons. The highest BCUT2D eigenvalue weighted by molar-refractivity contribution is 7.17. The first-order valence-electron chi connectivity index (χ1n) is 7.15.